The van der Waals surface area contributed by atoms with Gasteiger partial charge in [-0.2, -0.15) is 0 Å². The topological polar surface area (TPSA) is 32.3 Å². The van der Waals surface area contributed by atoms with E-state index in [0.717, 1.165) is 37.4 Å². The highest BCUT2D eigenvalue weighted by atomic mass is 35.5. The van der Waals surface area contributed by atoms with Gasteiger partial charge in [-0.15, -0.1) is 11.3 Å². The average Bonchev–Trinajstić information content (AvgIpc) is 2.78. The predicted octanol–water partition coefficient (Wildman–Crippen LogP) is 2.62. The van der Waals surface area contributed by atoms with Crippen LogP contribution >= 0.6 is 22.9 Å². The summed E-state index contributed by atoms with van der Waals surface area (Å²) < 4.78 is 0.676. The van der Waals surface area contributed by atoms with Crippen molar-refractivity contribution in [3.8, 4) is 0 Å². The smallest absolute Gasteiger partial charge is 0.264 e. The zero-order valence-corrected chi connectivity index (χ0v) is 11.5. The fraction of sp³-hybridized carbons (Fsp3) is 0.583. The Labute approximate surface area is 111 Å². The van der Waals surface area contributed by atoms with Crippen LogP contribution in [0.5, 0.6) is 0 Å². The van der Waals surface area contributed by atoms with Crippen LogP contribution in [0.4, 0.5) is 0 Å². The molecule has 0 aromatic carbocycles. The fourth-order valence-corrected chi connectivity index (χ4v) is 3.26. The quantitative estimate of drug-likeness (QED) is 0.917. The third-order valence-corrected chi connectivity index (χ3v) is 4.35. The summed E-state index contributed by atoms with van der Waals surface area (Å²) in [4.78, 5) is 15.1. The van der Waals surface area contributed by atoms with Crippen LogP contribution < -0.4 is 5.32 Å². The minimum Gasteiger partial charge on any atom is -0.335 e. The van der Waals surface area contributed by atoms with Crippen molar-refractivity contribution < 1.29 is 4.79 Å². The second kappa shape index (κ2) is 5.85. The third-order valence-electron chi connectivity index (χ3n) is 3.13. The molecule has 0 atom stereocenters. The van der Waals surface area contributed by atoms with Gasteiger partial charge in [-0.3, -0.25) is 4.79 Å². The molecule has 0 unspecified atom stereocenters. The van der Waals surface area contributed by atoms with Gasteiger partial charge in [-0.1, -0.05) is 11.6 Å². The van der Waals surface area contributed by atoms with Crippen LogP contribution in [0.15, 0.2) is 12.1 Å². The van der Waals surface area contributed by atoms with Crippen LogP contribution in [0.25, 0.3) is 0 Å². The van der Waals surface area contributed by atoms with E-state index in [-0.39, 0.29) is 5.91 Å². The Balaban J connectivity index is 2.09. The molecule has 3 nitrogen and oxygen atoms in total. The largest absolute Gasteiger partial charge is 0.335 e. The van der Waals surface area contributed by atoms with E-state index in [1.54, 1.807) is 6.07 Å². The van der Waals surface area contributed by atoms with E-state index >= 15 is 0 Å². The maximum atomic E-state index is 12.3. The van der Waals surface area contributed by atoms with Crippen molar-refractivity contribution in [1.29, 1.82) is 0 Å². The van der Waals surface area contributed by atoms with Gasteiger partial charge in [0.05, 0.1) is 9.21 Å². The molecular formula is C12H17ClN2OS. The van der Waals surface area contributed by atoms with E-state index in [0.29, 0.717) is 10.4 Å². The summed E-state index contributed by atoms with van der Waals surface area (Å²) in [6, 6.07) is 3.98. The summed E-state index contributed by atoms with van der Waals surface area (Å²) in [6.45, 7) is 4.80. The Bertz CT molecular complexity index is 388. The van der Waals surface area contributed by atoms with Crippen molar-refractivity contribution >= 4 is 28.8 Å². The van der Waals surface area contributed by atoms with Crippen molar-refractivity contribution in [3.63, 3.8) is 0 Å². The summed E-state index contributed by atoms with van der Waals surface area (Å²) in [6.07, 6.45) is 2.08. The number of carbonyl (C=O) groups excluding carboxylic acids is 1. The Morgan fingerprint density at radius 1 is 1.53 bits per heavy atom. The Morgan fingerprint density at radius 2 is 2.24 bits per heavy atom. The number of piperidine rings is 1. The number of nitrogens with one attached hydrogen (secondary N) is 1. The molecule has 0 aliphatic carbocycles. The average molecular weight is 273 g/mol. The van der Waals surface area contributed by atoms with Crippen molar-refractivity contribution in [2.75, 3.05) is 19.6 Å². The minimum atomic E-state index is 0.122. The van der Waals surface area contributed by atoms with Crippen molar-refractivity contribution in [3.05, 3.63) is 21.3 Å². The lowest BCUT2D eigenvalue weighted by molar-refractivity contribution is 0.0661. The van der Waals surface area contributed by atoms with E-state index < -0.39 is 0 Å². The first kappa shape index (κ1) is 12.9. The van der Waals surface area contributed by atoms with Gasteiger partial charge >= 0.3 is 0 Å². The van der Waals surface area contributed by atoms with Crippen molar-refractivity contribution in [2.45, 2.75) is 25.8 Å². The molecule has 1 saturated heterocycles. The molecular weight excluding hydrogens is 256 g/mol. The van der Waals surface area contributed by atoms with Gasteiger partial charge in [0.15, 0.2) is 0 Å². The van der Waals surface area contributed by atoms with Gasteiger partial charge in [0, 0.05) is 12.6 Å². The maximum absolute atomic E-state index is 12.3. The zero-order valence-electron chi connectivity index (χ0n) is 9.91. The van der Waals surface area contributed by atoms with E-state index in [4.69, 9.17) is 11.6 Å². The van der Waals surface area contributed by atoms with Gasteiger partial charge in [0.25, 0.3) is 5.91 Å². The van der Waals surface area contributed by atoms with Crippen LogP contribution in [0.2, 0.25) is 4.34 Å². The number of amides is 1. The number of carbonyl (C=O) groups is 1. The Morgan fingerprint density at radius 3 is 2.76 bits per heavy atom. The molecule has 17 heavy (non-hydrogen) atoms. The normalized spacial score (nSPS) is 17.1. The number of nitrogens with zero attached hydrogens (tertiary/aromatic N) is 1. The van der Waals surface area contributed by atoms with Crippen LogP contribution in [0, 0.1) is 0 Å². The van der Waals surface area contributed by atoms with E-state index in [9.17, 15) is 4.79 Å². The monoisotopic (exact) mass is 272 g/mol. The second-order valence-electron chi connectivity index (χ2n) is 4.18. The first-order chi connectivity index (χ1) is 8.22. The van der Waals surface area contributed by atoms with Crippen LogP contribution in [0.1, 0.15) is 29.4 Å². The number of halogens is 1. The van der Waals surface area contributed by atoms with Gasteiger partial charge in [0.1, 0.15) is 0 Å². The second-order valence-corrected chi connectivity index (χ2v) is 5.89. The van der Waals surface area contributed by atoms with E-state index in [1.165, 1.54) is 11.3 Å². The SMILES string of the molecule is CCN(C(=O)c1ccc(Cl)s1)C1CCNCC1. The van der Waals surface area contributed by atoms with Gasteiger partial charge in [-0.05, 0) is 45.0 Å². The molecule has 5 heteroatoms. The van der Waals surface area contributed by atoms with Gasteiger partial charge in [0.2, 0.25) is 0 Å². The lowest BCUT2D eigenvalue weighted by Crippen LogP contribution is -2.45. The molecule has 2 heterocycles. The molecule has 1 aromatic rings. The molecule has 0 spiro atoms. The standard InChI is InChI=1S/C12H17ClN2OS/c1-2-15(9-5-7-14-8-6-9)12(16)10-3-4-11(13)17-10/h3-4,9,14H,2,5-8H2,1H3. The summed E-state index contributed by atoms with van der Waals surface area (Å²) in [5, 5.41) is 3.32. The summed E-state index contributed by atoms with van der Waals surface area (Å²) >= 11 is 7.24. The molecule has 0 saturated carbocycles. The maximum Gasteiger partial charge on any atom is 0.264 e. The third kappa shape index (κ3) is 3.00. The molecule has 1 aromatic heterocycles. The molecule has 94 valence electrons. The highest BCUT2D eigenvalue weighted by Gasteiger charge is 2.25. The number of thiophene rings is 1. The molecule has 1 N–H and O–H groups in total. The zero-order chi connectivity index (χ0) is 12.3. The first-order valence-corrected chi connectivity index (χ1v) is 7.19. The molecule has 2 rings (SSSR count). The molecule has 1 fully saturated rings. The van der Waals surface area contributed by atoms with Crippen molar-refractivity contribution in [2.24, 2.45) is 0 Å². The first-order valence-electron chi connectivity index (χ1n) is 5.99. The number of hydrogen-bond donors (Lipinski definition) is 1. The lowest BCUT2D eigenvalue weighted by Gasteiger charge is -2.33. The van der Waals surface area contributed by atoms with E-state index in [1.807, 2.05) is 17.9 Å². The summed E-state index contributed by atoms with van der Waals surface area (Å²) in [5.74, 6) is 0.122. The molecule has 0 bridgehead atoms. The molecule has 0 radical (unpaired) electrons. The Kier molecular flexibility index (Phi) is 4.42. The molecule has 1 aliphatic rings. The van der Waals surface area contributed by atoms with Crippen molar-refractivity contribution in [1.82, 2.24) is 10.2 Å². The highest BCUT2D eigenvalue weighted by molar-refractivity contribution is 7.17. The molecule has 1 amide bonds. The summed E-state index contributed by atoms with van der Waals surface area (Å²) in [7, 11) is 0. The van der Waals surface area contributed by atoms with Crippen LogP contribution in [-0.4, -0.2) is 36.5 Å². The van der Waals surface area contributed by atoms with E-state index in [2.05, 4.69) is 5.32 Å². The van der Waals surface area contributed by atoms with Gasteiger partial charge < -0.3 is 10.2 Å². The fourth-order valence-electron chi connectivity index (χ4n) is 2.26. The predicted molar refractivity (Wildman–Crippen MR) is 71.9 cm³/mol. The number of hydrogen-bond acceptors (Lipinski definition) is 3. The van der Waals surface area contributed by atoms with Crippen LogP contribution in [0.3, 0.4) is 0 Å². The van der Waals surface area contributed by atoms with Gasteiger partial charge in [-0.25, -0.2) is 0 Å². The lowest BCUT2D eigenvalue weighted by atomic mass is 10.0. The summed E-state index contributed by atoms with van der Waals surface area (Å²) in [5.41, 5.74) is 0. The number of rotatable bonds is 3. The highest BCUT2D eigenvalue weighted by Crippen LogP contribution is 2.24. The molecule has 1 aliphatic heterocycles. The minimum absolute atomic E-state index is 0.122. The van der Waals surface area contributed by atoms with Crippen LogP contribution in [-0.2, 0) is 0 Å². The Hall–Kier alpha value is -0.580.